The molecule has 3 rings (SSSR count). The van der Waals surface area contributed by atoms with E-state index in [1.807, 2.05) is 18.2 Å². The molecule has 0 atom stereocenters. The highest BCUT2D eigenvalue weighted by Gasteiger charge is 2.23. The maximum Gasteiger partial charge on any atom is 0.410 e. The number of anilines is 1. The number of fused-ring (bicyclic) bond motifs is 1. The lowest BCUT2D eigenvalue weighted by atomic mass is 10.1. The third kappa shape index (κ3) is 3.28. The third-order valence-corrected chi connectivity index (χ3v) is 4.10. The van der Waals surface area contributed by atoms with Crippen LogP contribution in [0.25, 0.3) is 10.9 Å². The van der Waals surface area contributed by atoms with E-state index in [-0.39, 0.29) is 12.7 Å². The largest absolute Gasteiger partial charge is 0.445 e. The topological polar surface area (TPSA) is 45.7 Å². The van der Waals surface area contributed by atoms with E-state index in [0.29, 0.717) is 13.1 Å². The van der Waals surface area contributed by atoms with Gasteiger partial charge in [0.25, 0.3) is 0 Å². The first kappa shape index (κ1) is 15.3. The van der Waals surface area contributed by atoms with Crippen molar-refractivity contribution in [3.63, 3.8) is 0 Å². The maximum atomic E-state index is 11.9. The van der Waals surface area contributed by atoms with Crippen molar-refractivity contribution in [1.82, 2.24) is 9.88 Å². The number of amides is 1. The minimum atomic E-state index is -0.271. The van der Waals surface area contributed by atoms with Gasteiger partial charge >= 0.3 is 6.09 Å². The van der Waals surface area contributed by atoms with Gasteiger partial charge in [0, 0.05) is 31.6 Å². The summed E-state index contributed by atoms with van der Waals surface area (Å²) in [6.45, 7) is 8.71. The number of aromatic nitrogens is 1. The molecule has 5 nitrogen and oxygen atoms in total. The molecule has 120 valence electrons. The Morgan fingerprint density at radius 2 is 2.04 bits per heavy atom. The van der Waals surface area contributed by atoms with E-state index in [2.05, 4.69) is 30.5 Å². The standard InChI is InChI=1S/C18H21N3O2/c1-3-12-23-18(22)21-10-8-20(9-11-21)17-13-14(2)15-6-4-5-7-16(15)19-17/h3-7,13H,1,8-12H2,2H3. The minimum absolute atomic E-state index is 0.254. The second-order valence-corrected chi connectivity index (χ2v) is 5.65. The Morgan fingerprint density at radius 1 is 1.30 bits per heavy atom. The highest BCUT2D eigenvalue weighted by molar-refractivity contribution is 5.83. The lowest BCUT2D eigenvalue weighted by molar-refractivity contribution is 0.110. The number of pyridine rings is 1. The zero-order valence-electron chi connectivity index (χ0n) is 13.4. The fourth-order valence-electron chi connectivity index (χ4n) is 2.83. The molecule has 1 saturated heterocycles. The summed E-state index contributed by atoms with van der Waals surface area (Å²) in [5.41, 5.74) is 2.23. The van der Waals surface area contributed by atoms with E-state index in [9.17, 15) is 4.79 Å². The molecule has 1 aromatic carbocycles. The van der Waals surface area contributed by atoms with E-state index >= 15 is 0 Å². The van der Waals surface area contributed by atoms with E-state index < -0.39 is 0 Å². The molecular weight excluding hydrogens is 290 g/mol. The zero-order valence-corrected chi connectivity index (χ0v) is 13.4. The number of aryl methyl sites for hydroxylation is 1. The van der Waals surface area contributed by atoms with Crippen molar-refractivity contribution in [2.24, 2.45) is 0 Å². The molecule has 0 unspecified atom stereocenters. The van der Waals surface area contributed by atoms with Gasteiger partial charge in [0.15, 0.2) is 0 Å². The van der Waals surface area contributed by atoms with Crippen LogP contribution in [0.4, 0.5) is 10.6 Å². The van der Waals surface area contributed by atoms with E-state index in [0.717, 1.165) is 24.4 Å². The predicted octanol–water partition coefficient (Wildman–Crippen LogP) is 2.99. The lowest BCUT2D eigenvalue weighted by Gasteiger charge is -2.35. The SMILES string of the molecule is C=CCOC(=O)N1CCN(c2cc(C)c3ccccc3n2)CC1. The molecule has 0 N–H and O–H groups in total. The summed E-state index contributed by atoms with van der Waals surface area (Å²) in [6, 6.07) is 10.3. The molecule has 1 aromatic heterocycles. The Labute approximate surface area is 136 Å². The number of carbonyl (C=O) groups is 1. The van der Waals surface area contributed by atoms with Crippen molar-refractivity contribution in [2.75, 3.05) is 37.7 Å². The van der Waals surface area contributed by atoms with Gasteiger partial charge in [-0.25, -0.2) is 9.78 Å². The predicted molar refractivity (Wildman–Crippen MR) is 91.8 cm³/mol. The summed E-state index contributed by atoms with van der Waals surface area (Å²) in [7, 11) is 0. The molecule has 1 amide bonds. The monoisotopic (exact) mass is 311 g/mol. The summed E-state index contributed by atoms with van der Waals surface area (Å²) < 4.78 is 5.08. The Balaban J connectivity index is 1.70. The van der Waals surface area contributed by atoms with Gasteiger partial charge in [-0.2, -0.15) is 0 Å². The molecule has 0 radical (unpaired) electrons. The van der Waals surface area contributed by atoms with Gasteiger partial charge in [0.05, 0.1) is 5.52 Å². The van der Waals surface area contributed by atoms with Crippen LogP contribution >= 0.6 is 0 Å². The number of para-hydroxylation sites is 1. The molecule has 1 fully saturated rings. The van der Waals surface area contributed by atoms with Crippen LogP contribution < -0.4 is 4.90 Å². The number of hydrogen-bond acceptors (Lipinski definition) is 4. The van der Waals surface area contributed by atoms with Crippen LogP contribution in [0.2, 0.25) is 0 Å². The molecule has 0 aliphatic carbocycles. The van der Waals surface area contributed by atoms with Crippen LogP contribution in [0.15, 0.2) is 43.0 Å². The summed E-state index contributed by atoms with van der Waals surface area (Å²) in [5, 5.41) is 1.18. The molecule has 5 heteroatoms. The van der Waals surface area contributed by atoms with Crippen LogP contribution in [0, 0.1) is 6.92 Å². The molecule has 1 aliphatic rings. The average molecular weight is 311 g/mol. The quantitative estimate of drug-likeness (QED) is 0.818. The molecule has 1 aliphatic heterocycles. The van der Waals surface area contributed by atoms with Gasteiger partial charge in [0.2, 0.25) is 0 Å². The number of nitrogens with zero attached hydrogens (tertiary/aromatic N) is 3. The van der Waals surface area contributed by atoms with Gasteiger partial charge < -0.3 is 14.5 Å². The van der Waals surface area contributed by atoms with E-state index in [1.165, 1.54) is 10.9 Å². The average Bonchev–Trinajstić information content (AvgIpc) is 2.60. The number of piperazine rings is 1. The molecule has 0 bridgehead atoms. The Morgan fingerprint density at radius 3 is 2.78 bits per heavy atom. The number of hydrogen-bond donors (Lipinski definition) is 0. The van der Waals surface area contributed by atoms with E-state index in [1.54, 1.807) is 11.0 Å². The fraction of sp³-hybridized carbons (Fsp3) is 0.333. The van der Waals surface area contributed by atoms with Crippen molar-refractivity contribution in [2.45, 2.75) is 6.92 Å². The first-order chi connectivity index (χ1) is 11.2. The summed E-state index contributed by atoms with van der Waals surface area (Å²) >= 11 is 0. The number of ether oxygens (including phenoxy) is 1. The zero-order chi connectivity index (χ0) is 16.2. The number of rotatable bonds is 3. The van der Waals surface area contributed by atoms with Gasteiger partial charge in [-0.3, -0.25) is 0 Å². The summed E-state index contributed by atoms with van der Waals surface area (Å²) in [6.07, 6.45) is 1.31. The van der Waals surface area contributed by atoms with Crippen molar-refractivity contribution in [3.05, 3.63) is 48.6 Å². The smallest absolute Gasteiger partial charge is 0.410 e. The first-order valence-corrected chi connectivity index (χ1v) is 7.83. The minimum Gasteiger partial charge on any atom is -0.445 e. The Kier molecular flexibility index (Phi) is 4.46. The molecule has 0 spiro atoms. The van der Waals surface area contributed by atoms with E-state index in [4.69, 9.17) is 9.72 Å². The Bertz CT molecular complexity index is 721. The van der Waals surface area contributed by atoms with Crippen LogP contribution in [0.5, 0.6) is 0 Å². The van der Waals surface area contributed by atoms with Crippen molar-refractivity contribution in [3.8, 4) is 0 Å². The summed E-state index contributed by atoms with van der Waals surface area (Å²) in [5.74, 6) is 0.973. The molecule has 2 aromatic rings. The molecule has 0 saturated carbocycles. The van der Waals surface area contributed by atoms with Crippen LogP contribution in [-0.4, -0.2) is 48.8 Å². The van der Waals surface area contributed by atoms with Crippen LogP contribution in [0.3, 0.4) is 0 Å². The third-order valence-electron chi connectivity index (χ3n) is 4.10. The Hall–Kier alpha value is -2.56. The first-order valence-electron chi connectivity index (χ1n) is 7.83. The second-order valence-electron chi connectivity index (χ2n) is 5.65. The lowest BCUT2D eigenvalue weighted by Crippen LogP contribution is -2.49. The molecular formula is C18H21N3O2. The van der Waals surface area contributed by atoms with Crippen molar-refractivity contribution >= 4 is 22.8 Å². The maximum absolute atomic E-state index is 11.9. The normalized spacial score (nSPS) is 14.8. The molecule has 2 heterocycles. The fourth-order valence-corrected chi connectivity index (χ4v) is 2.83. The highest BCUT2D eigenvalue weighted by Crippen LogP contribution is 2.23. The van der Waals surface area contributed by atoms with Gasteiger partial charge in [-0.15, -0.1) is 0 Å². The van der Waals surface area contributed by atoms with Crippen LogP contribution in [-0.2, 0) is 4.74 Å². The second kappa shape index (κ2) is 6.69. The number of carbonyl (C=O) groups excluding carboxylic acids is 1. The van der Waals surface area contributed by atoms with Crippen molar-refractivity contribution < 1.29 is 9.53 Å². The van der Waals surface area contributed by atoms with Crippen LogP contribution in [0.1, 0.15) is 5.56 Å². The van der Waals surface area contributed by atoms with Gasteiger partial charge in [-0.1, -0.05) is 30.9 Å². The highest BCUT2D eigenvalue weighted by atomic mass is 16.6. The summed E-state index contributed by atoms with van der Waals surface area (Å²) in [4.78, 5) is 20.6. The van der Waals surface area contributed by atoms with Gasteiger partial charge in [0.1, 0.15) is 12.4 Å². The van der Waals surface area contributed by atoms with Gasteiger partial charge in [-0.05, 0) is 24.6 Å². The molecule has 23 heavy (non-hydrogen) atoms. The number of benzene rings is 1. The van der Waals surface area contributed by atoms with Crippen molar-refractivity contribution in [1.29, 1.82) is 0 Å².